The number of esters is 1. The minimum atomic E-state index is -0.370. The molecule has 1 aromatic heterocycles. The molecule has 3 saturated carbocycles. The summed E-state index contributed by atoms with van der Waals surface area (Å²) in [6.45, 7) is 0.361. The average molecular weight is 597 g/mol. The first-order valence-corrected chi connectivity index (χ1v) is 15.0. The van der Waals surface area contributed by atoms with E-state index in [1.165, 1.54) is 7.11 Å². The molecule has 2 amide bonds. The summed E-state index contributed by atoms with van der Waals surface area (Å²) in [5.74, 6) is 1.22. The molecule has 2 aromatic carbocycles. The number of ether oxygens (including phenoxy) is 2. The molecule has 8 nitrogen and oxygen atoms in total. The highest BCUT2D eigenvalue weighted by molar-refractivity contribution is 6.39. The number of halogens is 2. The molecule has 3 heterocycles. The molecule has 2 bridgehead atoms. The van der Waals surface area contributed by atoms with Gasteiger partial charge in [-0.1, -0.05) is 34.4 Å². The second kappa shape index (κ2) is 10.6. The molecule has 10 heteroatoms. The van der Waals surface area contributed by atoms with Crippen LogP contribution in [0.2, 0.25) is 10.0 Å². The minimum absolute atomic E-state index is 0.0284. The lowest BCUT2D eigenvalue weighted by molar-refractivity contribution is -0.0837. The fourth-order valence-corrected chi connectivity index (χ4v) is 6.95. The zero-order valence-corrected chi connectivity index (χ0v) is 24.2. The number of carbonyl (C=O) groups is 2. The smallest absolute Gasteiger partial charge is 0.337 e. The van der Waals surface area contributed by atoms with E-state index in [2.05, 4.69) is 10.5 Å². The Balaban J connectivity index is 1.02. The summed E-state index contributed by atoms with van der Waals surface area (Å²) in [4.78, 5) is 27.3. The molecule has 2 saturated heterocycles. The Morgan fingerprint density at radius 3 is 2.39 bits per heavy atom. The number of nitrogens with zero attached hydrogens (tertiary/aromatic N) is 2. The maximum atomic E-state index is 13.4. The van der Waals surface area contributed by atoms with Crippen LogP contribution in [0, 0.1) is 0 Å². The Morgan fingerprint density at radius 2 is 1.73 bits per heavy atom. The first-order valence-electron chi connectivity index (χ1n) is 14.3. The summed E-state index contributed by atoms with van der Waals surface area (Å²) in [6.07, 6.45) is 6.80. The van der Waals surface area contributed by atoms with E-state index in [-0.39, 0.29) is 30.2 Å². The van der Waals surface area contributed by atoms with Crippen molar-refractivity contribution in [1.82, 2.24) is 10.1 Å². The van der Waals surface area contributed by atoms with Gasteiger partial charge in [-0.3, -0.25) is 0 Å². The number of urea groups is 1. The van der Waals surface area contributed by atoms with Gasteiger partial charge >= 0.3 is 12.0 Å². The summed E-state index contributed by atoms with van der Waals surface area (Å²) in [5.41, 5.74) is 4.51. The van der Waals surface area contributed by atoms with Crippen LogP contribution < -0.4 is 5.32 Å². The van der Waals surface area contributed by atoms with Gasteiger partial charge in [0.2, 0.25) is 0 Å². The van der Waals surface area contributed by atoms with Crippen molar-refractivity contribution in [2.24, 2.45) is 0 Å². The molecule has 1 N–H and O–H groups in total. The minimum Gasteiger partial charge on any atom is -0.465 e. The van der Waals surface area contributed by atoms with Crippen LogP contribution in [-0.4, -0.2) is 47.4 Å². The highest BCUT2D eigenvalue weighted by atomic mass is 35.5. The van der Waals surface area contributed by atoms with Gasteiger partial charge in [-0.15, -0.1) is 0 Å². The second-order valence-corrected chi connectivity index (χ2v) is 12.4. The Morgan fingerprint density at radius 1 is 1.02 bits per heavy atom. The predicted octanol–water partition coefficient (Wildman–Crippen LogP) is 7.54. The largest absolute Gasteiger partial charge is 0.465 e. The number of hydrogen-bond donors (Lipinski definition) is 1. The van der Waals surface area contributed by atoms with E-state index in [0.29, 0.717) is 45.3 Å². The van der Waals surface area contributed by atoms with E-state index in [1.54, 1.807) is 18.2 Å². The van der Waals surface area contributed by atoms with Crippen molar-refractivity contribution in [3.05, 3.63) is 68.9 Å². The van der Waals surface area contributed by atoms with Crippen molar-refractivity contribution in [2.45, 2.75) is 81.6 Å². The summed E-state index contributed by atoms with van der Waals surface area (Å²) in [6, 6.07) is 10.9. The molecule has 5 aliphatic rings. The summed E-state index contributed by atoms with van der Waals surface area (Å²) in [5, 5.41) is 8.55. The monoisotopic (exact) mass is 595 g/mol. The lowest BCUT2D eigenvalue weighted by atomic mass is 9.78. The van der Waals surface area contributed by atoms with Crippen LogP contribution in [0.5, 0.6) is 0 Å². The van der Waals surface area contributed by atoms with Gasteiger partial charge in [0.1, 0.15) is 11.5 Å². The number of rotatable bonds is 8. The zero-order chi connectivity index (χ0) is 28.2. The molecule has 214 valence electrons. The molecule has 5 fully saturated rings. The Kier molecular flexibility index (Phi) is 6.96. The van der Waals surface area contributed by atoms with Crippen LogP contribution in [0.4, 0.5) is 10.5 Å². The van der Waals surface area contributed by atoms with Gasteiger partial charge in [0.25, 0.3) is 0 Å². The first-order chi connectivity index (χ1) is 19.9. The fourth-order valence-electron chi connectivity index (χ4n) is 6.37. The third kappa shape index (κ3) is 5.11. The number of hydrogen-bond acceptors (Lipinski definition) is 6. The maximum Gasteiger partial charge on any atom is 0.337 e. The predicted molar refractivity (Wildman–Crippen MR) is 155 cm³/mol. The van der Waals surface area contributed by atoms with Crippen molar-refractivity contribution >= 4 is 40.9 Å². The number of nitrogens with one attached hydrogen (secondary N) is 1. The molecule has 0 radical (unpaired) electrons. The Labute approximate surface area is 248 Å². The number of aromatic nitrogens is 1. The van der Waals surface area contributed by atoms with Gasteiger partial charge < -0.3 is 24.2 Å². The van der Waals surface area contributed by atoms with Gasteiger partial charge in [0, 0.05) is 34.8 Å². The van der Waals surface area contributed by atoms with E-state index < -0.39 is 0 Å². The number of benzene rings is 2. The van der Waals surface area contributed by atoms with E-state index in [0.717, 1.165) is 67.5 Å². The third-order valence-corrected chi connectivity index (χ3v) is 9.43. The molecule has 0 spiro atoms. The Hall–Kier alpha value is -3.07. The van der Waals surface area contributed by atoms with Crippen molar-refractivity contribution < 1.29 is 23.6 Å². The summed E-state index contributed by atoms with van der Waals surface area (Å²) in [7, 11) is 1.37. The quantitative estimate of drug-likeness (QED) is 0.270. The van der Waals surface area contributed by atoms with E-state index in [1.807, 2.05) is 23.1 Å². The van der Waals surface area contributed by atoms with Crippen molar-refractivity contribution in [1.29, 1.82) is 0 Å². The molecule has 41 heavy (non-hydrogen) atoms. The van der Waals surface area contributed by atoms with Crippen LogP contribution in [0.15, 0.2) is 40.9 Å². The SMILES string of the molecule is COC(=O)c1ccc(NC(=O)N2C3CC(OCc4c(-c5c(Cl)cccc5Cl)noc4C4CC4)CC2C3)c(C2CC2)c1. The molecular formula is C31H31Cl2N3O5. The van der Waals surface area contributed by atoms with E-state index in [9.17, 15) is 9.59 Å². The zero-order valence-electron chi connectivity index (χ0n) is 22.7. The number of carbonyl (C=O) groups excluding carboxylic acids is 2. The van der Waals surface area contributed by atoms with Crippen LogP contribution >= 0.6 is 23.2 Å². The number of amides is 2. The normalized spacial score (nSPS) is 23.2. The third-order valence-electron chi connectivity index (χ3n) is 8.80. The first kappa shape index (κ1) is 26.8. The van der Waals surface area contributed by atoms with Gasteiger partial charge in [0.05, 0.1) is 35.4 Å². The van der Waals surface area contributed by atoms with Crippen LogP contribution in [0.25, 0.3) is 11.3 Å². The van der Waals surface area contributed by atoms with Crippen LogP contribution in [-0.2, 0) is 16.1 Å². The maximum absolute atomic E-state index is 13.4. The van der Waals surface area contributed by atoms with Crippen LogP contribution in [0.3, 0.4) is 0 Å². The highest BCUT2D eigenvalue weighted by Crippen LogP contribution is 2.47. The molecule has 2 atom stereocenters. The van der Waals surface area contributed by atoms with Gasteiger partial charge in [-0.2, -0.15) is 0 Å². The van der Waals surface area contributed by atoms with Gasteiger partial charge in [-0.25, -0.2) is 9.59 Å². The molecule has 2 aliphatic heterocycles. The number of anilines is 1. The van der Waals surface area contributed by atoms with Gasteiger partial charge in [-0.05, 0) is 86.8 Å². The summed E-state index contributed by atoms with van der Waals surface area (Å²) >= 11 is 13.0. The fraction of sp³-hybridized carbons (Fsp3) is 0.452. The Bertz CT molecular complexity index is 1480. The number of fused-ring (bicyclic) bond motifs is 2. The molecule has 3 aromatic rings. The van der Waals surface area contributed by atoms with Crippen molar-refractivity contribution in [2.75, 3.05) is 12.4 Å². The van der Waals surface area contributed by atoms with Crippen molar-refractivity contribution in [3.63, 3.8) is 0 Å². The highest BCUT2D eigenvalue weighted by Gasteiger charge is 2.48. The molecule has 3 aliphatic carbocycles. The summed E-state index contributed by atoms with van der Waals surface area (Å²) < 4.78 is 17.1. The second-order valence-electron chi connectivity index (χ2n) is 11.6. The lowest BCUT2D eigenvalue weighted by Crippen LogP contribution is -2.65. The molecular weight excluding hydrogens is 565 g/mol. The number of piperidine rings is 1. The van der Waals surface area contributed by atoms with Crippen LogP contribution in [0.1, 0.15) is 84.0 Å². The van der Waals surface area contributed by atoms with Gasteiger partial charge in [0.15, 0.2) is 0 Å². The van der Waals surface area contributed by atoms with E-state index in [4.69, 9.17) is 37.2 Å². The van der Waals surface area contributed by atoms with Crippen molar-refractivity contribution in [3.8, 4) is 11.3 Å². The topological polar surface area (TPSA) is 93.9 Å². The molecule has 8 rings (SSSR count). The van der Waals surface area contributed by atoms with E-state index >= 15 is 0 Å². The lowest BCUT2D eigenvalue weighted by Gasteiger charge is -2.54. The average Bonchev–Trinajstić information content (AvgIpc) is 3.90. The number of methoxy groups -OCH3 is 1. The standard InChI is InChI=1S/C31H31Cl2N3O5/c1-39-30(37)18-9-10-26(22(11-18)16-5-6-16)34-31(38)36-19-12-20(36)14-21(13-19)40-15-23-28(35-41-29(23)17-7-8-17)27-24(32)3-2-4-25(27)33/h2-4,9-11,16-17,19-21H,5-8,12-15H2,1H3,(H,34,38). The molecule has 2 unspecified atom stereocenters.